The molecule has 0 N–H and O–H groups in total. The third-order valence-corrected chi connectivity index (χ3v) is 5.80. The monoisotopic (exact) mass is 379 g/mol. The van der Waals surface area contributed by atoms with Crippen LogP contribution in [0.15, 0.2) is 42.9 Å². The molecule has 7 nitrogen and oxygen atoms in total. The minimum Gasteiger partial charge on any atom is -0.469 e. The Labute approximate surface area is 164 Å². The molecule has 1 saturated heterocycles. The second kappa shape index (κ2) is 7.22. The summed E-state index contributed by atoms with van der Waals surface area (Å²) in [6.07, 6.45) is 5.42. The van der Waals surface area contributed by atoms with Crippen LogP contribution in [0.25, 0.3) is 16.7 Å². The van der Waals surface area contributed by atoms with Crippen molar-refractivity contribution in [3.8, 4) is 5.69 Å². The Bertz CT molecular complexity index is 983. The molecule has 28 heavy (non-hydrogen) atoms. The topological polar surface area (TPSA) is 73.1 Å². The van der Waals surface area contributed by atoms with Gasteiger partial charge >= 0.3 is 5.97 Å². The van der Waals surface area contributed by atoms with Gasteiger partial charge in [-0.25, -0.2) is 14.6 Å². The number of anilines is 1. The molecule has 1 unspecified atom stereocenters. The maximum absolute atomic E-state index is 12.3. The highest BCUT2D eigenvalue weighted by Gasteiger charge is 2.40. The largest absolute Gasteiger partial charge is 0.469 e. The van der Waals surface area contributed by atoms with Crippen molar-refractivity contribution in [3.63, 3.8) is 0 Å². The van der Waals surface area contributed by atoms with Gasteiger partial charge in [0.2, 0.25) is 0 Å². The molecular weight excluding hydrogens is 354 g/mol. The van der Waals surface area contributed by atoms with Crippen molar-refractivity contribution in [2.75, 3.05) is 25.1 Å². The predicted octanol–water partition coefficient (Wildman–Crippen LogP) is 3.23. The van der Waals surface area contributed by atoms with Gasteiger partial charge in [0.25, 0.3) is 0 Å². The number of hydrogen-bond acceptors (Lipinski definition) is 6. The summed E-state index contributed by atoms with van der Waals surface area (Å²) in [4.78, 5) is 23.6. The highest BCUT2D eigenvalue weighted by Crippen LogP contribution is 2.37. The van der Waals surface area contributed by atoms with Gasteiger partial charge in [0.1, 0.15) is 12.1 Å². The van der Waals surface area contributed by atoms with Gasteiger partial charge < -0.3 is 9.64 Å². The summed E-state index contributed by atoms with van der Waals surface area (Å²) in [7, 11) is 1.45. The summed E-state index contributed by atoms with van der Waals surface area (Å²) in [6.45, 7) is 5.59. The molecule has 4 rings (SSSR count). The van der Waals surface area contributed by atoms with Crippen LogP contribution in [0.4, 0.5) is 5.82 Å². The van der Waals surface area contributed by atoms with Crippen LogP contribution >= 0.6 is 0 Å². The van der Waals surface area contributed by atoms with Crippen molar-refractivity contribution < 1.29 is 9.53 Å². The van der Waals surface area contributed by atoms with Gasteiger partial charge in [-0.2, -0.15) is 5.10 Å². The Morgan fingerprint density at radius 3 is 2.75 bits per heavy atom. The van der Waals surface area contributed by atoms with Gasteiger partial charge in [0.15, 0.2) is 5.65 Å². The van der Waals surface area contributed by atoms with Crippen molar-refractivity contribution >= 4 is 22.8 Å². The number of hydrogen-bond donors (Lipinski definition) is 0. The fourth-order valence-corrected chi connectivity index (χ4v) is 4.03. The number of rotatable bonds is 4. The number of benzene rings is 1. The SMILES string of the molecule is COC(=O)C(C)(C)C1CCCN(c2ncnc3c2cnn3-c2ccccc2)C1. The van der Waals surface area contributed by atoms with Gasteiger partial charge in [-0.1, -0.05) is 18.2 Å². The standard InChI is InChI=1S/C21H25N5O2/c1-21(2,20(27)28-3)15-8-7-11-25(13-15)18-17-12-24-26(19(17)23-14-22-18)16-9-5-4-6-10-16/h4-6,9-10,12,14-15H,7-8,11,13H2,1-3H3. The number of esters is 1. The lowest BCUT2D eigenvalue weighted by Crippen LogP contribution is -2.45. The average Bonchev–Trinajstić information content (AvgIpc) is 3.18. The van der Waals surface area contributed by atoms with Gasteiger partial charge in [-0.3, -0.25) is 4.79 Å². The van der Waals surface area contributed by atoms with E-state index in [-0.39, 0.29) is 11.9 Å². The molecule has 7 heteroatoms. The molecule has 3 aromatic rings. The zero-order valence-corrected chi connectivity index (χ0v) is 16.5. The maximum atomic E-state index is 12.3. The second-order valence-corrected chi connectivity index (χ2v) is 7.82. The number of aromatic nitrogens is 4. The Kier molecular flexibility index (Phi) is 4.75. The lowest BCUT2D eigenvalue weighted by Gasteiger charge is -2.40. The van der Waals surface area contributed by atoms with Crippen LogP contribution in [-0.4, -0.2) is 45.9 Å². The summed E-state index contributed by atoms with van der Waals surface area (Å²) in [5.74, 6) is 0.907. The fraction of sp³-hybridized carbons (Fsp3) is 0.429. The molecule has 0 spiro atoms. The average molecular weight is 379 g/mol. The van der Waals surface area contributed by atoms with Gasteiger partial charge in [0.05, 0.1) is 29.8 Å². The molecule has 0 saturated carbocycles. The van der Waals surface area contributed by atoms with E-state index in [4.69, 9.17) is 4.74 Å². The molecule has 0 aliphatic carbocycles. The van der Waals surface area contributed by atoms with Crippen molar-refractivity contribution in [1.82, 2.24) is 19.7 Å². The Hall–Kier alpha value is -2.96. The molecule has 0 bridgehead atoms. The molecule has 1 atom stereocenters. The lowest BCUT2D eigenvalue weighted by molar-refractivity contribution is -0.154. The van der Waals surface area contributed by atoms with Crippen LogP contribution in [0.1, 0.15) is 26.7 Å². The van der Waals surface area contributed by atoms with E-state index in [2.05, 4.69) is 20.0 Å². The van der Waals surface area contributed by atoms with Crippen LogP contribution in [0, 0.1) is 11.3 Å². The van der Waals surface area contributed by atoms with E-state index < -0.39 is 5.41 Å². The zero-order valence-electron chi connectivity index (χ0n) is 16.5. The van der Waals surface area contributed by atoms with E-state index in [1.165, 1.54) is 7.11 Å². The molecule has 1 aromatic carbocycles. The summed E-state index contributed by atoms with van der Waals surface area (Å²) >= 11 is 0. The molecule has 1 aliphatic rings. The van der Waals surface area contributed by atoms with Crippen molar-refractivity contribution in [3.05, 3.63) is 42.9 Å². The van der Waals surface area contributed by atoms with Gasteiger partial charge in [-0.05, 0) is 44.7 Å². The maximum Gasteiger partial charge on any atom is 0.311 e. The third kappa shape index (κ3) is 3.10. The molecule has 2 aromatic heterocycles. The van der Waals surface area contributed by atoms with Crippen molar-refractivity contribution in [2.24, 2.45) is 11.3 Å². The number of carbonyl (C=O) groups excluding carboxylic acids is 1. The lowest BCUT2D eigenvalue weighted by atomic mass is 9.74. The zero-order chi connectivity index (χ0) is 19.7. The van der Waals surface area contributed by atoms with E-state index in [0.29, 0.717) is 0 Å². The Balaban J connectivity index is 1.68. The fourth-order valence-electron chi connectivity index (χ4n) is 4.03. The highest BCUT2D eigenvalue weighted by atomic mass is 16.5. The van der Waals surface area contributed by atoms with Crippen LogP contribution in [0.3, 0.4) is 0 Å². The first-order valence-corrected chi connectivity index (χ1v) is 9.60. The third-order valence-electron chi connectivity index (χ3n) is 5.80. The van der Waals surface area contributed by atoms with Crippen molar-refractivity contribution in [2.45, 2.75) is 26.7 Å². The normalized spacial score (nSPS) is 17.7. The quantitative estimate of drug-likeness (QED) is 0.648. The number of piperidine rings is 1. The first-order valence-electron chi connectivity index (χ1n) is 9.60. The molecular formula is C21H25N5O2. The Morgan fingerprint density at radius 2 is 2.00 bits per heavy atom. The van der Waals surface area contributed by atoms with E-state index in [1.54, 1.807) is 6.33 Å². The van der Waals surface area contributed by atoms with Crippen LogP contribution in [0.5, 0.6) is 0 Å². The van der Waals surface area contributed by atoms with E-state index >= 15 is 0 Å². The molecule has 1 fully saturated rings. The van der Waals surface area contributed by atoms with Crippen LogP contribution < -0.4 is 4.90 Å². The molecule has 146 valence electrons. The summed E-state index contributed by atoms with van der Waals surface area (Å²) < 4.78 is 6.87. The first-order chi connectivity index (χ1) is 13.5. The molecule has 1 aliphatic heterocycles. The minimum absolute atomic E-state index is 0.163. The van der Waals surface area contributed by atoms with E-state index in [0.717, 1.165) is 48.5 Å². The van der Waals surface area contributed by atoms with Crippen LogP contribution in [0.2, 0.25) is 0 Å². The summed E-state index contributed by atoms with van der Waals surface area (Å²) in [5, 5.41) is 5.46. The first kappa shape index (κ1) is 18.4. The summed E-state index contributed by atoms with van der Waals surface area (Å²) in [5.41, 5.74) is 1.21. The van der Waals surface area contributed by atoms with Gasteiger partial charge in [0, 0.05) is 13.1 Å². The number of ether oxygens (including phenoxy) is 1. The van der Waals surface area contributed by atoms with Gasteiger partial charge in [-0.15, -0.1) is 0 Å². The number of methoxy groups -OCH3 is 1. The van der Waals surface area contributed by atoms with E-state index in [9.17, 15) is 4.79 Å². The molecule has 0 radical (unpaired) electrons. The summed E-state index contributed by atoms with van der Waals surface area (Å²) in [6, 6.07) is 9.95. The van der Waals surface area contributed by atoms with Crippen LogP contribution in [-0.2, 0) is 9.53 Å². The smallest absolute Gasteiger partial charge is 0.311 e. The highest BCUT2D eigenvalue weighted by molar-refractivity contribution is 5.87. The Morgan fingerprint density at radius 1 is 1.21 bits per heavy atom. The van der Waals surface area contributed by atoms with Crippen molar-refractivity contribution in [1.29, 1.82) is 0 Å². The number of fused-ring (bicyclic) bond motifs is 1. The number of carbonyl (C=O) groups is 1. The minimum atomic E-state index is -0.534. The molecule has 0 amide bonds. The number of para-hydroxylation sites is 1. The van der Waals surface area contributed by atoms with E-state index in [1.807, 2.05) is 55.1 Å². The number of nitrogens with zero attached hydrogens (tertiary/aromatic N) is 5. The predicted molar refractivity (Wildman–Crippen MR) is 107 cm³/mol. The molecule has 3 heterocycles. The second-order valence-electron chi connectivity index (χ2n) is 7.82.